The van der Waals surface area contributed by atoms with Crippen molar-refractivity contribution in [1.82, 2.24) is 0 Å². The summed E-state index contributed by atoms with van der Waals surface area (Å²) in [7, 11) is 0. The zero-order chi connectivity index (χ0) is 10.7. The van der Waals surface area contributed by atoms with Crippen molar-refractivity contribution < 1.29 is 24.1 Å². The molecule has 0 heterocycles. The van der Waals surface area contributed by atoms with Gasteiger partial charge in [0.15, 0.2) is 5.75 Å². The summed E-state index contributed by atoms with van der Waals surface area (Å²) in [6.45, 7) is 0. The Hall–Kier alpha value is -1.75. The third-order valence-electron chi connectivity index (χ3n) is 1.55. The highest BCUT2D eigenvalue weighted by atomic mass is 35.5. The minimum atomic E-state index is -1.40. The SMILES string of the molecule is O=C(O)c1cccc(OCl)c1C(=O)O. The Labute approximate surface area is 83.7 Å². The molecule has 1 aromatic carbocycles. The first-order valence-corrected chi connectivity index (χ1v) is 3.77. The fourth-order valence-corrected chi connectivity index (χ4v) is 1.12. The van der Waals surface area contributed by atoms with Gasteiger partial charge in [0.1, 0.15) is 17.4 Å². The first kappa shape index (κ1) is 10.3. The standard InChI is InChI=1S/C8H5ClO5/c9-14-5-3-1-2-4(7(10)11)6(5)8(12)13/h1-3H,(H,10,11)(H,12,13). The van der Waals surface area contributed by atoms with Gasteiger partial charge >= 0.3 is 11.9 Å². The van der Waals surface area contributed by atoms with E-state index in [2.05, 4.69) is 4.29 Å². The largest absolute Gasteiger partial charge is 0.478 e. The minimum absolute atomic E-state index is 0.195. The van der Waals surface area contributed by atoms with Gasteiger partial charge in [0.25, 0.3) is 0 Å². The second-order valence-electron chi connectivity index (χ2n) is 2.37. The number of carboxylic acids is 2. The van der Waals surface area contributed by atoms with Gasteiger partial charge in [-0.3, -0.25) is 0 Å². The number of benzene rings is 1. The van der Waals surface area contributed by atoms with Crippen molar-refractivity contribution in [2.24, 2.45) is 0 Å². The monoisotopic (exact) mass is 216 g/mol. The number of rotatable bonds is 3. The molecular weight excluding hydrogens is 212 g/mol. The lowest BCUT2D eigenvalue weighted by atomic mass is 10.1. The van der Waals surface area contributed by atoms with Gasteiger partial charge < -0.3 is 14.5 Å². The molecule has 0 saturated heterocycles. The summed E-state index contributed by atoms with van der Waals surface area (Å²) >= 11 is 5.00. The molecule has 0 amide bonds. The first-order chi connectivity index (χ1) is 6.57. The number of carbonyl (C=O) groups is 2. The van der Waals surface area contributed by atoms with Crippen LogP contribution in [-0.2, 0) is 0 Å². The van der Waals surface area contributed by atoms with Gasteiger partial charge in [-0.25, -0.2) is 9.59 Å². The van der Waals surface area contributed by atoms with Gasteiger partial charge in [-0.1, -0.05) is 6.07 Å². The van der Waals surface area contributed by atoms with Crippen LogP contribution in [-0.4, -0.2) is 22.2 Å². The number of hydrogen-bond acceptors (Lipinski definition) is 3. The van der Waals surface area contributed by atoms with Crippen molar-refractivity contribution in [3.8, 4) is 5.75 Å². The summed E-state index contributed by atoms with van der Waals surface area (Å²) in [5, 5.41) is 17.4. The maximum absolute atomic E-state index is 10.7. The van der Waals surface area contributed by atoms with Crippen molar-refractivity contribution in [3.05, 3.63) is 29.3 Å². The third-order valence-corrected chi connectivity index (χ3v) is 1.72. The van der Waals surface area contributed by atoms with Crippen LogP contribution in [0.25, 0.3) is 0 Å². The van der Waals surface area contributed by atoms with E-state index in [1.807, 2.05) is 0 Å². The van der Waals surface area contributed by atoms with E-state index in [9.17, 15) is 9.59 Å². The first-order valence-electron chi connectivity index (χ1n) is 3.46. The van der Waals surface area contributed by atoms with Crippen LogP contribution in [0, 0.1) is 0 Å². The number of hydrogen-bond donors (Lipinski definition) is 2. The van der Waals surface area contributed by atoms with Gasteiger partial charge in [0, 0.05) is 0 Å². The van der Waals surface area contributed by atoms with Crippen LogP contribution < -0.4 is 4.29 Å². The Morgan fingerprint density at radius 3 is 2.29 bits per heavy atom. The average Bonchev–Trinajstić information content (AvgIpc) is 2.16. The lowest BCUT2D eigenvalue weighted by Crippen LogP contribution is -2.08. The molecule has 0 saturated carbocycles. The second-order valence-corrected chi connectivity index (χ2v) is 2.52. The Kier molecular flexibility index (Phi) is 2.93. The van der Waals surface area contributed by atoms with Crippen LogP contribution in [0.5, 0.6) is 5.75 Å². The zero-order valence-corrected chi connectivity index (χ0v) is 7.49. The normalized spacial score (nSPS) is 9.50. The topological polar surface area (TPSA) is 83.8 Å². The lowest BCUT2D eigenvalue weighted by molar-refractivity contribution is 0.0649. The van der Waals surface area contributed by atoms with E-state index in [1.165, 1.54) is 12.1 Å². The number of carboxylic acid groups (broad SMARTS) is 2. The minimum Gasteiger partial charge on any atom is -0.478 e. The fraction of sp³-hybridized carbons (Fsp3) is 0. The van der Waals surface area contributed by atoms with Crippen molar-refractivity contribution >= 4 is 23.8 Å². The van der Waals surface area contributed by atoms with Crippen molar-refractivity contribution in [2.45, 2.75) is 0 Å². The maximum Gasteiger partial charge on any atom is 0.340 e. The summed E-state index contributed by atoms with van der Waals surface area (Å²) in [6.07, 6.45) is 0. The summed E-state index contributed by atoms with van der Waals surface area (Å²) in [4.78, 5) is 21.3. The molecule has 5 nitrogen and oxygen atoms in total. The molecule has 74 valence electrons. The van der Waals surface area contributed by atoms with Gasteiger partial charge in [0.2, 0.25) is 0 Å². The molecule has 0 aliphatic carbocycles. The second kappa shape index (κ2) is 3.97. The van der Waals surface area contributed by atoms with E-state index in [-0.39, 0.29) is 11.3 Å². The predicted molar refractivity (Wildman–Crippen MR) is 46.8 cm³/mol. The molecule has 1 aromatic rings. The van der Waals surface area contributed by atoms with Crippen LogP contribution in [0.4, 0.5) is 0 Å². The van der Waals surface area contributed by atoms with Crippen LogP contribution in [0.2, 0.25) is 0 Å². The quantitative estimate of drug-likeness (QED) is 0.802. The van der Waals surface area contributed by atoms with Gasteiger partial charge in [-0.2, -0.15) is 0 Å². The summed E-state index contributed by atoms with van der Waals surface area (Å²) in [5.41, 5.74) is -0.828. The molecule has 0 unspecified atom stereocenters. The molecule has 2 N–H and O–H groups in total. The van der Waals surface area contributed by atoms with Crippen LogP contribution in [0.3, 0.4) is 0 Å². The molecule has 1 rings (SSSR count). The smallest absolute Gasteiger partial charge is 0.340 e. The van der Waals surface area contributed by atoms with Crippen molar-refractivity contribution in [2.75, 3.05) is 0 Å². The highest BCUT2D eigenvalue weighted by molar-refractivity contribution is 6.11. The Morgan fingerprint density at radius 2 is 1.86 bits per heavy atom. The number of halogens is 1. The summed E-state index contributed by atoms with van der Waals surface area (Å²) in [6, 6.07) is 3.77. The number of aromatic carboxylic acids is 2. The molecule has 0 fully saturated rings. The predicted octanol–water partition coefficient (Wildman–Crippen LogP) is 1.62. The molecule has 0 aromatic heterocycles. The molecule has 0 atom stereocenters. The van der Waals surface area contributed by atoms with Gasteiger partial charge in [-0.05, 0) is 12.1 Å². The Balaban J connectivity index is 3.43. The van der Waals surface area contributed by atoms with Crippen LogP contribution in [0.15, 0.2) is 18.2 Å². The Bertz CT molecular complexity index is 387. The maximum atomic E-state index is 10.7. The third kappa shape index (κ3) is 1.77. The summed E-state index contributed by atoms with van der Waals surface area (Å²) < 4.78 is 4.23. The molecule has 0 spiro atoms. The lowest BCUT2D eigenvalue weighted by Gasteiger charge is -2.04. The molecule has 0 bridgehead atoms. The molecule has 0 radical (unpaired) electrons. The average molecular weight is 217 g/mol. The zero-order valence-electron chi connectivity index (χ0n) is 6.73. The molecule has 0 aliphatic heterocycles. The van der Waals surface area contributed by atoms with Gasteiger partial charge in [-0.15, -0.1) is 0 Å². The highest BCUT2D eigenvalue weighted by Crippen LogP contribution is 2.23. The highest BCUT2D eigenvalue weighted by Gasteiger charge is 2.20. The molecular formula is C8H5ClO5. The molecule has 0 aliphatic rings. The summed E-state index contributed by atoms with van der Waals surface area (Å²) in [5.74, 6) is -2.95. The molecule has 14 heavy (non-hydrogen) atoms. The van der Waals surface area contributed by atoms with Crippen molar-refractivity contribution in [3.63, 3.8) is 0 Å². The van der Waals surface area contributed by atoms with E-state index in [4.69, 9.17) is 22.1 Å². The van der Waals surface area contributed by atoms with E-state index >= 15 is 0 Å². The molecule has 6 heteroatoms. The Morgan fingerprint density at radius 1 is 1.21 bits per heavy atom. The van der Waals surface area contributed by atoms with Crippen LogP contribution in [0.1, 0.15) is 20.7 Å². The van der Waals surface area contributed by atoms with E-state index in [0.29, 0.717) is 0 Å². The van der Waals surface area contributed by atoms with Crippen LogP contribution >= 0.6 is 11.9 Å². The van der Waals surface area contributed by atoms with Gasteiger partial charge in [0.05, 0.1) is 5.56 Å². The van der Waals surface area contributed by atoms with E-state index < -0.39 is 17.5 Å². The van der Waals surface area contributed by atoms with E-state index in [1.54, 1.807) is 0 Å². The fourth-order valence-electron chi connectivity index (χ4n) is 0.994. The van der Waals surface area contributed by atoms with Crippen molar-refractivity contribution in [1.29, 1.82) is 0 Å². The van der Waals surface area contributed by atoms with E-state index in [0.717, 1.165) is 6.07 Å².